The number of nitrogens with one attached hydrogen (secondary N) is 1. The Morgan fingerprint density at radius 1 is 1.19 bits per heavy atom. The summed E-state index contributed by atoms with van der Waals surface area (Å²) >= 11 is 1.43. The van der Waals surface area contributed by atoms with Crippen LogP contribution in [0.15, 0.2) is 47.6 Å². The van der Waals surface area contributed by atoms with Gasteiger partial charge in [-0.05, 0) is 43.3 Å². The minimum atomic E-state index is -0.636. The molecule has 6 nitrogen and oxygen atoms in total. The predicted molar refractivity (Wildman–Crippen MR) is 101 cm³/mol. The first kappa shape index (κ1) is 18.1. The van der Waals surface area contributed by atoms with Crippen LogP contribution in [0.1, 0.15) is 12.5 Å². The third-order valence-corrected chi connectivity index (χ3v) is 4.60. The number of H-pyrrole nitrogens is 1. The van der Waals surface area contributed by atoms with E-state index in [1.54, 1.807) is 24.3 Å². The molecule has 0 aliphatic carbocycles. The highest BCUT2D eigenvalue weighted by atomic mass is 32.2. The summed E-state index contributed by atoms with van der Waals surface area (Å²) in [5.74, 6) is 1.88. The Morgan fingerprint density at radius 2 is 1.96 bits per heavy atom. The van der Waals surface area contributed by atoms with Crippen LogP contribution in [0.4, 0.5) is 0 Å². The van der Waals surface area contributed by atoms with Crippen molar-refractivity contribution < 1.29 is 14.6 Å². The first-order valence-electron chi connectivity index (χ1n) is 8.24. The third-order valence-electron chi connectivity index (χ3n) is 3.58. The highest BCUT2D eigenvalue weighted by Crippen LogP contribution is 2.24. The minimum Gasteiger partial charge on any atom is -0.494 e. The molecule has 0 amide bonds. The fourth-order valence-corrected chi connectivity index (χ4v) is 3.12. The van der Waals surface area contributed by atoms with Crippen molar-refractivity contribution in [2.24, 2.45) is 0 Å². The van der Waals surface area contributed by atoms with Crippen LogP contribution in [0.2, 0.25) is 0 Å². The number of nitrogens with zero attached hydrogens (tertiary/aromatic N) is 2. The van der Waals surface area contributed by atoms with Gasteiger partial charge in [-0.25, -0.2) is 4.98 Å². The summed E-state index contributed by atoms with van der Waals surface area (Å²) in [5, 5.41) is 19.6. The van der Waals surface area contributed by atoms with Gasteiger partial charge in [-0.2, -0.15) is 5.26 Å². The Balaban J connectivity index is 1.51. The van der Waals surface area contributed by atoms with Gasteiger partial charge in [0.05, 0.1) is 35.4 Å². The average molecular weight is 369 g/mol. The molecule has 0 aliphatic heterocycles. The Bertz CT molecular complexity index is 903. The first-order chi connectivity index (χ1) is 12.7. The van der Waals surface area contributed by atoms with Crippen molar-refractivity contribution in [2.75, 3.05) is 19.0 Å². The van der Waals surface area contributed by atoms with Crippen molar-refractivity contribution in [3.8, 4) is 17.6 Å². The summed E-state index contributed by atoms with van der Waals surface area (Å²) in [4.78, 5) is 7.72. The standard InChI is InChI=1S/C19H19N3O3S/c1-2-24-16-7-8-17-18(9-16)22-19(21-17)26-12-14(23)11-25-15-5-3-13(10-20)4-6-15/h3-9,14,23H,2,11-12H2,1H3,(H,21,22). The van der Waals surface area contributed by atoms with Crippen molar-refractivity contribution >= 4 is 22.8 Å². The molecule has 26 heavy (non-hydrogen) atoms. The second-order valence-electron chi connectivity index (χ2n) is 5.57. The van der Waals surface area contributed by atoms with E-state index in [1.165, 1.54) is 11.8 Å². The average Bonchev–Trinajstić information content (AvgIpc) is 3.07. The lowest BCUT2D eigenvalue weighted by molar-refractivity contribution is 0.126. The first-order valence-corrected chi connectivity index (χ1v) is 9.23. The Hall–Kier alpha value is -2.69. The van der Waals surface area contributed by atoms with E-state index < -0.39 is 6.10 Å². The number of hydrogen-bond donors (Lipinski definition) is 2. The lowest BCUT2D eigenvalue weighted by Crippen LogP contribution is -2.20. The number of fused-ring (bicyclic) bond motifs is 1. The number of hydrogen-bond acceptors (Lipinski definition) is 6. The van der Waals surface area contributed by atoms with Crippen molar-refractivity contribution in [1.29, 1.82) is 5.26 Å². The zero-order valence-electron chi connectivity index (χ0n) is 14.3. The molecule has 0 radical (unpaired) electrons. The van der Waals surface area contributed by atoms with Gasteiger partial charge in [0.2, 0.25) is 0 Å². The van der Waals surface area contributed by atoms with Crippen LogP contribution in [-0.4, -0.2) is 40.1 Å². The van der Waals surface area contributed by atoms with Gasteiger partial charge in [0.15, 0.2) is 5.16 Å². The third kappa shape index (κ3) is 4.69. The van der Waals surface area contributed by atoms with Gasteiger partial charge in [0.25, 0.3) is 0 Å². The molecule has 0 bridgehead atoms. The molecule has 0 saturated carbocycles. The van der Waals surface area contributed by atoms with E-state index in [0.717, 1.165) is 21.9 Å². The van der Waals surface area contributed by atoms with E-state index in [-0.39, 0.29) is 6.61 Å². The maximum Gasteiger partial charge on any atom is 0.166 e. The highest BCUT2D eigenvalue weighted by Gasteiger charge is 2.10. The Labute approximate surface area is 155 Å². The molecule has 134 valence electrons. The van der Waals surface area contributed by atoms with Crippen molar-refractivity contribution in [2.45, 2.75) is 18.2 Å². The molecule has 1 unspecified atom stereocenters. The zero-order valence-corrected chi connectivity index (χ0v) is 15.1. The number of imidazole rings is 1. The summed E-state index contributed by atoms with van der Waals surface area (Å²) in [7, 11) is 0. The van der Waals surface area contributed by atoms with Gasteiger partial charge in [-0.3, -0.25) is 0 Å². The van der Waals surface area contributed by atoms with Crippen LogP contribution in [-0.2, 0) is 0 Å². The van der Waals surface area contributed by atoms with E-state index in [9.17, 15) is 5.11 Å². The van der Waals surface area contributed by atoms with E-state index in [1.807, 2.05) is 25.1 Å². The van der Waals surface area contributed by atoms with Crippen LogP contribution < -0.4 is 9.47 Å². The van der Waals surface area contributed by atoms with E-state index in [2.05, 4.69) is 16.0 Å². The van der Waals surface area contributed by atoms with Gasteiger partial charge in [-0.1, -0.05) is 11.8 Å². The Morgan fingerprint density at radius 3 is 2.69 bits per heavy atom. The number of thioether (sulfide) groups is 1. The molecule has 7 heteroatoms. The van der Waals surface area contributed by atoms with Gasteiger partial charge < -0.3 is 19.6 Å². The van der Waals surface area contributed by atoms with E-state index >= 15 is 0 Å². The van der Waals surface area contributed by atoms with Crippen LogP contribution >= 0.6 is 11.8 Å². The minimum absolute atomic E-state index is 0.174. The molecule has 1 atom stereocenters. The summed E-state index contributed by atoms with van der Waals surface area (Å²) < 4.78 is 11.0. The number of aliphatic hydroxyl groups is 1. The molecule has 3 aromatic rings. The quantitative estimate of drug-likeness (QED) is 0.592. The Kier molecular flexibility index (Phi) is 6.00. The molecule has 0 aliphatic rings. The highest BCUT2D eigenvalue weighted by molar-refractivity contribution is 7.99. The molecule has 2 aromatic carbocycles. The second-order valence-corrected chi connectivity index (χ2v) is 6.57. The fourth-order valence-electron chi connectivity index (χ4n) is 2.33. The fraction of sp³-hybridized carbons (Fsp3) is 0.263. The van der Waals surface area contributed by atoms with Gasteiger partial charge in [-0.15, -0.1) is 0 Å². The van der Waals surface area contributed by atoms with Crippen LogP contribution in [0, 0.1) is 11.3 Å². The number of nitriles is 1. The number of benzene rings is 2. The van der Waals surface area contributed by atoms with Crippen LogP contribution in [0.5, 0.6) is 11.5 Å². The van der Waals surface area contributed by atoms with Crippen molar-refractivity contribution in [3.63, 3.8) is 0 Å². The molecule has 0 saturated heterocycles. The number of aromatic nitrogens is 2. The maximum absolute atomic E-state index is 10.1. The lowest BCUT2D eigenvalue weighted by atomic mass is 10.2. The van der Waals surface area contributed by atoms with Crippen LogP contribution in [0.25, 0.3) is 11.0 Å². The molecular formula is C19H19N3O3S. The molecule has 1 aromatic heterocycles. The zero-order chi connectivity index (χ0) is 18.4. The van der Waals surface area contributed by atoms with Crippen molar-refractivity contribution in [3.05, 3.63) is 48.0 Å². The summed E-state index contributed by atoms with van der Waals surface area (Å²) in [6.07, 6.45) is -0.636. The SMILES string of the molecule is CCOc1ccc2nc(SCC(O)COc3ccc(C#N)cc3)[nH]c2c1. The van der Waals surface area contributed by atoms with Gasteiger partial charge >= 0.3 is 0 Å². The van der Waals surface area contributed by atoms with E-state index in [4.69, 9.17) is 14.7 Å². The molecule has 1 heterocycles. The smallest absolute Gasteiger partial charge is 0.166 e. The monoisotopic (exact) mass is 369 g/mol. The number of rotatable bonds is 8. The van der Waals surface area contributed by atoms with Crippen LogP contribution in [0.3, 0.4) is 0 Å². The number of ether oxygens (including phenoxy) is 2. The topological polar surface area (TPSA) is 91.2 Å². The maximum atomic E-state index is 10.1. The summed E-state index contributed by atoms with van der Waals surface area (Å²) in [6, 6.07) is 14.6. The number of aliphatic hydroxyl groups excluding tert-OH is 1. The lowest BCUT2D eigenvalue weighted by Gasteiger charge is -2.11. The van der Waals surface area contributed by atoms with Gasteiger partial charge in [0.1, 0.15) is 18.1 Å². The van der Waals surface area contributed by atoms with Gasteiger partial charge in [0, 0.05) is 11.8 Å². The summed E-state index contributed by atoms with van der Waals surface area (Å²) in [6.45, 7) is 2.74. The normalized spacial score (nSPS) is 11.9. The molecule has 3 rings (SSSR count). The predicted octanol–water partition coefficient (Wildman–Crippen LogP) is 3.37. The molecule has 0 fully saturated rings. The molecule has 0 spiro atoms. The van der Waals surface area contributed by atoms with E-state index in [0.29, 0.717) is 23.7 Å². The molecular weight excluding hydrogens is 350 g/mol. The number of aromatic amines is 1. The second kappa shape index (κ2) is 8.61. The van der Waals surface area contributed by atoms with Crippen molar-refractivity contribution in [1.82, 2.24) is 9.97 Å². The summed E-state index contributed by atoms with van der Waals surface area (Å²) in [5.41, 5.74) is 2.34. The largest absolute Gasteiger partial charge is 0.494 e. The molecule has 2 N–H and O–H groups in total.